The first-order valence-corrected chi connectivity index (χ1v) is 7.21. The van der Waals surface area contributed by atoms with Crippen molar-refractivity contribution in [2.75, 3.05) is 6.54 Å². The summed E-state index contributed by atoms with van der Waals surface area (Å²) >= 11 is 0. The van der Waals surface area contributed by atoms with E-state index < -0.39 is 6.10 Å². The fourth-order valence-corrected chi connectivity index (χ4v) is 2.50. The molecule has 2 aromatic rings. The molecule has 1 atom stereocenters. The van der Waals surface area contributed by atoms with Crippen molar-refractivity contribution in [1.82, 2.24) is 10.1 Å². The van der Waals surface area contributed by atoms with Gasteiger partial charge in [-0.2, -0.15) is 0 Å². The number of hydrogen-bond acceptors (Lipinski definition) is 4. The third-order valence-corrected chi connectivity index (χ3v) is 3.77. The van der Waals surface area contributed by atoms with Crippen LogP contribution in [-0.2, 0) is 6.54 Å². The SMILES string of the molecule is Cc1cc(CN(CC(O)c2ccc(F)cc2)C2CC2)no1. The van der Waals surface area contributed by atoms with Gasteiger partial charge in [0.05, 0.1) is 11.8 Å². The molecule has 3 rings (SSSR count). The van der Waals surface area contributed by atoms with Crippen molar-refractivity contribution in [3.05, 3.63) is 53.2 Å². The average Bonchev–Trinajstić information content (AvgIpc) is 3.23. The van der Waals surface area contributed by atoms with E-state index in [0.29, 0.717) is 19.1 Å². The molecule has 1 unspecified atom stereocenters. The normalized spacial score (nSPS) is 16.4. The minimum absolute atomic E-state index is 0.289. The standard InChI is InChI=1S/C16H19FN2O2/c1-11-8-14(18-21-11)9-19(15-6-7-15)10-16(20)12-2-4-13(17)5-3-12/h2-5,8,15-16,20H,6-7,9-10H2,1H3. The van der Waals surface area contributed by atoms with Gasteiger partial charge in [0.15, 0.2) is 0 Å². The fourth-order valence-electron chi connectivity index (χ4n) is 2.50. The van der Waals surface area contributed by atoms with E-state index in [1.165, 1.54) is 12.1 Å². The number of rotatable bonds is 6. The Balaban J connectivity index is 1.66. The molecule has 4 nitrogen and oxygen atoms in total. The maximum Gasteiger partial charge on any atom is 0.133 e. The van der Waals surface area contributed by atoms with Gasteiger partial charge >= 0.3 is 0 Å². The molecule has 1 aliphatic carbocycles. The number of hydrogen-bond donors (Lipinski definition) is 1. The molecule has 0 radical (unpaired) electrons. The van der Waals surface area contributed by atoms with Gasteiger partial charge in [0.2, 0.25) is 0 Å². The Kier molecular flexibility index (Phi) is 4.03. The van der Waals surface area contributed by atoms with Crippen molar-refractivity contribution in [2.45, 2.75) is 38.5 Å². The van der Waals surface area contributed by atoms with Gasteiger partial charge < -0.3 is 9.63 Å². The predicted molar refractivity (Wildman–Crippen MR) is 76.0 cm³/mol. The van der Waals surface area contributed by atoms with Gasteiger partial charge in [-0.3, -0.25) is 4.90 Å². The molecule has 5 heteroatoms. The highest BCUT2D eigenvalue weighted by molar-refractivity contribution is 5.19. The van der Waals surface area contributed by atoms with Gasteiger partial charge in [0.25, 0.3) is 0 Å². The Morgan fingerprint density at radius 3 is 2.67 bits per heavy atom. The molecule has 1 aliphatic rings. The molecule has 1 aromatic heterocycles. The molecule has 0 spiro atoms. The van der Waals surface area contributed by atoms with E-state index >= 15 is 0 Å². The van der Waals surface area contributed by atoms with Crippen LogP contribution in [0.15, 0.2) is 34.9 Å². The van der Waals surface area contributed by atoms with E-state index in [1.54, 1.807) is 12.1 Å². The van der Waals surface area contributed by atoms with Crippen LogP contribution in [0.3, 0.4) is 0 Å². The summed E-state index contributed by atoms with van der Waals surface area (Å²) in [6, 6.07) is 8.43. The number of aromatic nitrogens is 1. The van der Waals surface area contributed by atoms with Crippen molar-refractivity contribution in [1.29, 1.82) is 0 Å². The maximum atomic E-state index is 12.9. The second kappa shape index (κ2) is 5.95. The Morgan fingerprint density at radius 1 is 1.38 bits per heavy atom. The van der Waals surface area contributed by atoms with Crippen LogP contribution in [0.5, 0.6) is 0 Å². The molecule has 0 aliphatic heterocycles. The molecule has 0 amide bonds. The summed E-state index contributed by atoms with van der Waals surface area (Å²) in [6.45, 7) is 3.05. The minimum Gasteiger partial charge on any atom is -0.387 e. The molecule has 21 heavy (non-hydrogen) atoms. The first-order chi connectivity index (χ1) is 10.1. The lowest BCUT2D eigenvalue weighted by Gasteiger charge is -2.24. The van der Waals surface area contributed by atoms with Gasteiger partial charge in [-0.15, -0.1) is 0 Å². The lowest BCUT2D eigenvalue weighted by atomic mass is 10.1. The lowest BCUT2D eigenvalue weighted by molar-refractivity contribution is 0.103. The highest BCUT2D eigenvalue weighted by Gasteiger charge is 2.31. The lowest BCUT2D eigenvalue weighted by Crippen LogP contribution is -2.30. The zero-order valence-electron chi connectivity index (χ0n) is 12.0. The highest BCUT2D eigenvalue weighted by Crippen LogP contribution is 2.30. The molecule has 1 heterocycles. The van der Waals surface area contributed by atoms with E-state index in [0.717, 1.165) is 29.9 Å². The Hall–Kier alpha value is -1.72. The second-order valence-corrected chi connectivity index (χ2v) is 5.66. The topological polar surface area (TPSA) is 49.5 Å². The third-order valence-electron chi connectivity index (χ3n) is 3.77. The van der Waals surface area contributed by atoms with Gasteiger partial charge in [0, 0.05) is 25.2 Å². The van der Waals surface area contributed by atoms with Crippen molar-refractivity contribution in [3.63, 3.8) is 0 Å². The molecule has 1 fully saturated rings. The number of nitrogens with zero attached hydrogens (tertiary/aromatic N) is 2. The second-order valence-electron chi connectivity index (χ2n) is 5.66. The van der Waals surface area contributed by atoms with E-state index in [9.17, 15) is 9.50 Å². The highest BCUT2D eigenvalue weighted by atomic mass is 19.1. The number of benzene rings is 1. The van der Waals surface area contributed by atoms with Crippen molar-refractivity contribution >= 4 is 0 Å². The van der Waals surface area contributed by atoms with Crippen molar-refractivity contribution in [2.24, 2.45) is 0 Å². The number of aliphatic hydroxyl groups excluding tert-OH is 1. The van der Waals surface area contributed by atoms with Crippen LogP contribution in [0.4, 0.5) is 4.39 Å². The molecule has 1 aromatic carbocycles. The summed E-state index contributed by atoms with van der Waals surface area (Å²) < 4.78 is 18.0. The third kappa shape index (κ3) is 3.68. The molecule has 0 saturated heterocycles. The largest absolute Gasteiger partial charge is 0.387 e. The van der Waals surface area contributed by atoms with Crippen LogP contribution in [-0.4, -0.2) is 27.7 Å². The van der Waals surface area contributed by atoms with Crippen LogP contribution in [0, 0.1) is 12.7 Å². The molecule has 112 valence electrons. The van der Waals surface area contributed by atoms with Gasteiger partial charge in [0.1, 0.15) is 11.6 Å². The quantitative estimate of drug-likeness (QED) is 0.888. The smallest absolute Gasteiger partial charge is 0.133 e. The summed E-state index contributed by atoms with van der Waals surface area (Å²) in [5.41, 5.74) is 1.61. The molecule has 1 saturated carbocycles. The molecular formula is C16H19FN2O2. The van der Waals surface area contributed by atoms with Gasteiger partial charge in [-0.05, 0) is 37.5 Å². The van der Waals surface area contributed by atoms with E-state index in [-0.39, 0.29) is 5.82 Å². The van der Waals surface area contributed by atoms with Gasteiger partial charge in [-0.25, -0.2) is 4.39 Å². The number of aliphatic hydroxyl groups is 1. The summed E-state index contributed by atoms with van der Waals surface area (Å²) in [5.74, 6) is 0.503. The van der Waals surface area contributed by atoms with E-state index in [4.69, 9.17) is 4.52 Å². The monoisotopic (exact) mass is 290 g/mol. The number of halogens is 1. The Labute approximate surface area is 123 Å². The zero-order valence-corrected chi connectivity index (χ0v) is 12.0. The minimum atomic E-state index is -0.626. The van der Waals surface area contributed by atoms with Crippen molar-refractivity contribution in [3.8, 4) is 0 Å². The zero-order chi connectivity index (χ0) is 14.8. The fraction of sp³-hybridized carbons (Fsp3) is 0.438. The van der Waals surface area contributed by atoms with Crippen LogP contribution < -0.4 is 0 Å². The summed E-state index contributed by atoms with van der Waals surface area (Å²) in [4.78, 5) is 2.21. The summed E-state index contributed by atoms with van der Waals surface area (Å²) in [7, 11) is 0. The predicted octanol–water partition coefficient (Wildman–Crippen LogP) is 2.82. The summed E-state index contributed by atoms with van der Waals surface area (Å²) in [6.07, 6.45) is 1.67. The Bertz CT molecular complexity index is 593. The average molecular weight is 290 g/mol. The van der Waals surface area contributed by atoms with Crippen LogP contribution in [0.2, 0.25) is 0 Å². The number of aryl methyl sites for hydroxylation is 1. The first kappa shape index (κ1) is 14.2. The van der Waals surface area contributed by atoms with Gasteiger partial charge in [-0.1, -0.05) is 17.3 Å². The maximum absolute atomic E-state index is 12.9. The first-order valence-electron chi connectivity index (χ1n) is 7.21. The Morgan fingerprint density at radius 2 is 2.10 bits per heavy atom. The van der Waals surface area contributed by atoms with Crippen molar-refractivity contribution < 1.29 is 14.0 Å². The van der Waals surface area contributed by atoms with Crippen LogP contribution in [0.1, 0.15) is 36.0 Å². The van der Waals surface area contributed by atoms with Crippen LogP contribution >= 0.6 is 0 Å². The van der Waals surface area contributed by atoms with E-state index in [1.807, 2.05) is 13.0 Å². The molecule has 0 bridgehead atoms. The van der Waals surface area contributed by atoms with E-state index in [2.05, 4.69) is 10.1 Å². The molecular weight excluding hydrogens is 271 g/mol. The summed E-state index contributed by atoms with van der Waals surface area (Å²) in [5, 5.41) is 14.3. The molecule has 1 N–H and O–H groups in total. The van der Waals surface area contributed by atoms with Crippen LogP contribution in [0.25, 0.3) is 0 Å².